The number of nitrogens with two attached hydrogens (primary N) is 1. The van der Waals surface area contributed by atoms with Crippen molar-refractivity contribution in [3.63, 3.8) is 0 Å². The highest BCUT2D eigenvalue weighted by Crippen LogP contribution is 2.27. The Kier molecular flexibility index (Phi) is 2.37. The Balaban J connectivity index is 3.29. The molecule has 0 bridgehead atoms. The molecule has 1 rings (SSSR count). The smallest absolute Gasteiger partial charge is 0.121 e. The van der Waals surface area contributed by atoms with Gasteiger partial charge in [0.25, 0.3) is 0 Å². The molecule has 0 radical (unpaired) electrons. The summed E-state index contributed by atoms with van der Waals surface area (Å²) in [6.07, 6.45) is 0. The second kappa shape index (κ2) is 3.11. The van der Waals surface area contributed by atoms with Crippen LogP contribution in [0.25, 0.3) is 0 Å². The summed E-state index contributed by atoms with van der Waals surface area (Å²) in [6, 6.07) is 3.36. The molecule has 0 atom stereocenters. The van der Waals surface area contributed by atoms with E-state index in [1.165, 1.54) is 0 Å². The average Bonchev–Trinajstić information content (AvgIpc) is 1.99. The molecule has 11 heavy (non-hydrogen) atoms. The molecular weight excluding hydrogens is 162 g/mol. The van der Waals surface area contributed by atoms with Crippen molar-refractivity contribution >= 4 is 11.6 Å². The maximum absolute atomic E-state index is 9.25. The molecule has 60 valence electrons. The zero-order valence-electron chi connectivity index (χ0n) is 6.26. The van der Waals surface area contributed by atoms with E-state index in [0.29, 0.717) is 10.6 Å². The first kappa shape index (κ1) is 8.37. The average molecular weight is 172 g/mol. The van der Waals surface area contributed by atoms with E-state index >= 15 is 0 Å². The predicted octanol–water partition coefficient (Wildman–Crippen LogP) is 1.81. The molecule has 3 N–H and O–H groups in total. The first-order valence-corrected chi connectivity index (χ1v) is 3.71. The third kappa shape index (κ3) is 1.47. The maximum atomic E-state index is 9.25. The molecule has 0 aliphatic rings. The van der Waals surface area contributed by atoms with Crippen molar-refractivity contribution in [2.75, 3.05) is 0 Å². The summed E-state index contributed by atoms with van der Waals surface area (Å²) >= 11 is 5.86. The second-order valence-electron chi connectivity index (χ2n) is 2.40. The Morgan fingerprint density at radius 3 is 2.64 bits per heavy atom. The molecule has 0 aliphatic carbocycles. The lowest BCUT2D eigenvalue weighted by Gasteiger charge is -2.05. The lowest BCUT2D eigenvalue weighted by Crippen LogP contribution is -1.98. The van der Waals surface area contributed by atoms with Gasteiger partial charge in [-0.25, -0.2) is 0 Å². The van der Waals surface area contributed by atoms with Crippen LogP contribution in [0.3, 0.4) is 0 Å². The molecule has 0 aromatic heterocycles. The summed E-state index contributed by atoms with van der Waals surface area (Å²) in [5.41, 5.74) is 6.93. The Labute approximate surface area is 70.6 Å². The van der Waals surface area contributed by atoms with Gasteiger partial charge in [-0.1, -0.05) is 17.7 Å². The Hall–Kier alpha value is -0.730. The van der Waals surface area contributed by atoms with E-state index in [-0.39, 0.29) is 12.3 Å². The van der Waals surface area contributed by atoms with Crippen molar-refractivity contribution in [1.29, 1.82) is 0 Å². The van der Waals surface area contributed by atoms with Crippen molar-refractivity contribution in [2.45, 2.75) is 13.5 Å². The van der Waals surface area contributed by atoms with Gasteiger partial charge in [0.05, 0.1) is 5.02 Å². The molecule has 0 saturated carbocycles. The summed E-state index contributed by atoms with van der Waals surface area (Å²) in [5, 5.41) is 9.81. The lowest BCUT2D eigenvalue weighted by atomic mass is 10.1. The quantitative estimate of drug-likeness (QED) is 0.677. The zero-order chi connectivity index (χ0) is 8.43. The first-order chi connectivity index (χ1) is 5.16. The van der Waals surface area contributed by atoms with E-state index in [0.717, 1.165) is 5.56 Å². The minimum atomic E-state index is 0.170. The number of hydrogen-bond donors (Lipinski definition) is 2. The second-order valence-corrected chi connectivity index (χ2v) is 2.78. The van der Waals surface area contributed by atoms with E-state index in [4.69, 9.17) is 17.3 Å². The van der Waals surface area contributed by atoms with Crippen LogP contribution in [0.2, 0.25) is 5.02 Å². The zero-order valence-corrected chi connectivity index (χ0v) is 7.02. The maximum Gasteiger partial charge on any atom is 0.121 e. The van der Waals surface area contributed by atoms with Gasteiger partial charge in [-0.2, -0.15) is 0 Å². The molecule has 0 aliphatic heterocycles. The van der Waals surface area contributed by atoms with E-state index in [1.54, 1.807) is 12.1 Å². The van der Waals surface area contributed by atoms with Crippen LogP contribution in [0.15, 0.2) is 12.1 Å². The van der Waals surface area contributed by atoms with Crippen molar-refractivity contribution in [3.05, 3.63) is 28.3 Å². The SMILES string of the molecule is Cc1ccc(O)c(CN)c1Cl. The van der Waals surface area contributed by atoms with Crippen molar-refractivity contribution < 1.29 is 5.11 Å². The summed E-state index contributed by atoms with van der Waals surface area (Å²) in [4.78, 5) is 0. The van der Waals surface area contributed by atoms with Crippen LogP contribution >= 0.6 is 11.6 Å². The van der Waals surface area contributed by atoms with Gasteiger partial charge in [-0.3, -0.25) is 0 Å². The molecular formula is C8H10ClNO. The fourth-order valence-electron chi connectivity index (χ4n) is 0.922. The number of benzene rings is 1. The molecule has 3 heteroatoms. The lowest BCUT2D eigenvalue weighted by molar-refractivity contribution is 0.468. The highest BCUT2D eigenvalue weighted by Gasteiger charge is 2.05. The number of aryl methyl sites for hydroxylation is 1. The van der Waals surface area contributed by atoms with Crippen molar-refractivity contribution in [3.8, 4) is 5.75 Å². The van der Waals surface area contributed by atoms with Gasteiger partial charge in [0, 0.05) is 12.1 Å². The number of hydrogen-bond acceptors (Lipinski definition) is 2. The van der Waals surface area contributed by atoms with Crippen LogP contribution in [0.1, 0.15) is 11.1 Å². The van der Waals surface area contributed by atoms with Gasteiger partial charge in [0.1, 0.15) is 5.75 Å². The van der Waals surface area contributed by atoms with Crippen LogP contribution in [-0.2, 0) is 6.54 Å². The molecule has 0 fully saturated rings. The van der Waals surface area contributed by atoms with Gasteiger partial charge >= 0.3 is 0 Å². The molecule has 0 unspecified atom stereocenters. The largest absolute Gasteiger partial charge is 0.508 e. The summed E-state index contributed by atoms with van der Waals surface area (Å²) < 4.78 is 0. The van der Waals surface area contributed by atoms with Crippen LogP contribution < -0.4 is 5.73 Å². The summed E-state index contributed by atoms with van der Waals surface area (Å²) in [7, 11) is 0. The molecule has 1 aromatic rings. The summed E-state index contributed by atoms with van der Waals surface area (Å²) in [5.74, 6) is 0.170. The van der Waals surface area contributed by atoms with Crippen LogP contribution in [-0.4, -0.2) is 5.11 Å². The van der Waals surface area contributed by atoms with Crippen molar-refractivity contribution in [1.82, 2.24) is 0 Å². The fourth-order valence-corrected chi connectivity index (χ4v) is 1.16. The standard InChI is InChI=1S/C8H10ClNO/c1-5-2-3-7(11)6(4-10)8(5)9/h2-3,11H,4,10H2,1H3. The molecule has 0 heterocycles. The summed E-state index contributed by atoms with van der Waals surface area (Å²) in [6.45, 7) is 2.15. The Bertz CT molecular complexity index is 273. The van der Waals surface area contributed by atoms with E-state index in [2.05, 4.69) is 0 Å². The van der Waals surface area contributed by atoms with Crippen LogP contribution in [0.4, 0.5) is 0 Å². The van der Waals surface area contributed by atoms with E-state index in [1.807, 2.05) is 6.92 Å². The van der Waals surface area contributed by atoms with Gasteiger partial charge < -0.3 is 10.8 Å². The minimum absolute atomic E-state index is 0.170. The van der Waals surface area contributed by atoms with Crippen LogP contribution in [0.5, 0.6) is 5.75 Å². The molecule has 0 spiro atoms. The van der Waals surface area contributed by atoms with Gasteiger partial charge in [0.2, 0.25) is 0 Å². The van der Waals surface area contributed by atoms with E-state index < -0.39 is 0 Å². The first-order valence-electron chi connectivity index (χ1n) is 3.34. The van der Waals surface area contributed by atoms with Gasteiger partial charge in [0.15, 0.2) is 0 Å². The number of aromatic hydroxyl groups is 1. The monoisotopic (exact) mass is 171 g/mol. The number of phenolic OH excluding ortho intramolecular Hbond substituents is 1. The minimum Gasteiger partial charge on any atom is -0.508 e. The fraction of sp³-hybridized carbons (Fsp3) is 0.250. The molecule has 0 saturated heterocycles. The highest BCUT2D eigenvalue weighted by atomic mass is 35.5. The predicted molar refractivity (Wildman–Crippen MR) is 45.7 cm³/mol. The normalized spacial score (nSPS) is 10.1. The highest BCUT2D eigenvalue weighted by molar-refractivity contribution is 6.32. The molecule has 2 nitrogen and oxygen atoms in total. The van der Waals surface area contributed by atoms with Crippen molar-refractivity contribution in [2.24, 2.45) is 5.73 Å². The van der Waals surface area contributed by atoms with Gasteiger partial charge in [-0.05, 0) is 18.6 Å². The number of phenols is 1. The Morgan fingerprint density at radius 1 is 1.55 bits per heavy atom. The van der Waals surface area contributed by atoms with Crippen LogP contribution in [0, 0.1) is 6.92 Å². The third-order valence-corrected chi connectivity index (χ3v) is 2.14. The molecule has 0 amide bonds. The van der Waals surface area contributed by atoms with Gasteiger partial charge in [-0.15, -0.1) is 0 Å². The third-order valence-electron chi connectivity index (χ3n) is 1.62. The van der Waals surface area contributed by atoms with E-state index in [9.17, 15) is 5.11 Å². The Morgan fingerprint density at radius 2 is 2.18 bits per heavy atom. The number of rotatable bonds is 1. The molecule has 1 aromatic carbocycles. The topological polar surface area (TPSA) is 46.2 Å². The number of halogens is 1.